The number of carbonyl (C=O) groups excluding carboxylic acids is 3. The molecular weight excluding hydrogens is 328 g/mol. The molecule has 1 fully saturated rings. The van der Waals surface area contributed by atoms with E-state index >= 15 is 0 Å². The average molecular weight is 360 g/mol. The zero-order valence-corrected chi connectivity index (χ0v) is 15.6. The lowest BCUT2D eigenvalue weighted by Gasteiger charge is -2.20. The van der Waals surface area contributed by atoms with Gasteiger partial charge in [0.25, 0.3) is 12.4 Å². The van der Waals surface area contributed by atoms with Gasteiger partial charge in [0.05, 0.1) is 13.2 Å². The Hall–Kier alpha value is -1.67. The highest BCUT2D eigenvalue weighted by Gasteiger charge is 2.34. The number of aliphatic hydroxyl groups is 1. The van der Waals surface area contributed by atoms with Crippen molar-refractivity contribution in [3.63, 3.8) is 0 Å². The molecule has 1 aliphatic heterocycles. The Balaban J connectivity index is 0.00000101. The van der Waals surface area contributed by atoms with Gasteiger partial charge in [-0.2, -0.15) is 0 Å². The van der Waals surface area contributed by atoms with E-state index in [0.717, 1.165) is 6.42 Å². The SMILES string of the molecule is CC(C)CC(NC(=O)C1CO1)C(=O)NCCC(C)CO.CCOC=O. The molecule has 0 aromatic rings. The predicted molar refractivity (Wildman–Crippen MR) is 92.7 cm³/mol. The zero-order chi connectivity index (χ0) is 19.2. The molecule has 0 aromatic carbocycles. The normalized spacial score (nSPS) is 17.6. The molecule has 1 rings (SSSR count). The fourth-order valence-corrected chi connectivity index (χ4v) is 1.89. The topological polar surface area (TPSA) is 117 Å². The minimum atomic E-state index is -0.517. The number of hydrogen-bond donors (Lipinski definition) is 3. The largest absolute Gasteiger partial charge is 0.468 e. The van der Waals surface area contributed by atoms with Gasteiger partial charge in [0, 0.05) is 13.2 Å². The first-order chi connectivity index (χ1) is 11.8. The Morgan fingerprint density at radius 3 is 2.40 bits per heavy atom. The lowest BCUT2D eigenvalue weighted by atomic mass is 10.0. The van der Waals surface area contributed by atoms with Crippen molar-refractivity contribution in [3.8, 4) is 0 Å². The zero-order valence-electron chi connectivity index (χ0n) is 15.6. The van der Waals surface area contributed by atoms with Crippen molar-refractivity contribution in [2.75, 3.05) is 26.4 Å². The fraction of sp³-hybridized carbons (Fsp3) is 0.824. The summed E-state index contributed by atoms with van der Waals surface area (Å²) < 4.78 is 9.06. The van der Waals surface area contributed by atoms with Crippen molar-refractivity contribution >= 4 is 18.3 Å². The van der Waals surface area contributed by atoms with Gasteiger partial charge >= 0.3 is 0 Å². The van der Waals surface area contributed by atoms with Crippen LogP contribution >= 0.6 is 0 Å². The van der Waals surface area contributed by atoms with Crippen LogP contribution < -0.4 is 10.6 Å². The molecule has 0 saturated carbocycles. The Morgan fingerprint density at radius 1 is 1.36 bits per heavy atom. The molecule has 3 unspecified atom stereocenters. The molecule has 1 saturated heterocycles. The van der Waals surface area contributed by atoms with E-state index in [1.807, 2.05) is 20.8 Å². The van der Waals surface area contributed by atoms with Crippen LogP contribution in [0.25, 0.3) is 0 Å². The maximum atomic E-state index is 12.1. The predicted octanol–water partition coefficient (Wildman–Crippen LogP) is 0.230. The maximum Gasteiger partial charge on any atom is 0.293 e. The van der Waals surface area contributed by atoms with Crippen molar-refractivity contribution in [3.05, 3.63) is 0 Å². The quantitative estimate of drug-likeness (QED) is 0.359. The van der Waals surface area contributed by atoms with Crippen molar-refractivity contribution in [1.29, 1.82) is 0 Å². The first-order valence-electron chi connectivity index (χ1n) is 8.71. The van der Waals surface area contributed by atoms with Crippen molar-refractivity contribution in [2.24, 2.45) is 11.8 Å². The van der Waals surface area contributed by atoms with Crippen molar-refractivity contribution < 1.29 is 29.0 Å². The minimum Gasteiger partial charge on any atom is -0.468 e. The summed E-state index contributed by atoms with van der Waals surface area (Å²) in [5.41, 5.74) is 0. The molecule has 2 amide bonds. The smallest absolute Gasteiger partial charge is 0.293 e. The monoisotopic (exact) mass is 360 g/mol. The summed E-state index contributed by atoms with van der Waals surface area (Å²) in [7, 11) is 0. The summed E-state index contributed by atoms with van der Waals surface area (Å²) >= 11 is 0. The molecule has 146 valence electrons. The van der Waals surface area contributed by atoms with Gasteiger partial charge in [-0.05, 0) is 31.6 Å². The van der Waals surface area contributed by atoms with Crippen LogP contribution in [0.1, 0.15) is 40.5 Å². The number of carbonyl (C=O) groups is 3. The third kappa shape index (κ3) is 12.4. The van der Waals surface area contributed by atoms with Gasteiger partial charge in [-0.1, -0.05) is 20.8 Å². The third-order valence-corrected chi connectivity index (χ3v) is 3.45. The summed E-state index contributed by atoms with van der Waals surface area (Å²) in [6, 6.07) is -0.517. The standard InChI is InChI=1S/C14H26N2O4.C3H6O2/c1-9(2)6-11(16-14(19)12-8-20-12)13(18)15-5-4-10(3)7-17;1-2-5-3-4/h9-12,17H,4-8H2,1-3H3,(H,15,18)(H,16,19);3H,2H2,1H3. The van der Waals surface area contributed by atoms with E-state index in [4.69, 9.17) is 9.84 Å². The van der Waals surface area contributed by atoms with E-state index in [1.54, 1.807) is 6.92 Å². The van der Waals surface area contributed by atoms with Crippen LogP contribution in [0.3, 0.4) is 0 Å². The molecule has 1 heterocycles. The molecule has 3 N–H and O–H groups in total. The molecule has 3 atom stereocenters. The number of ether oxygens (including phenoxy) is 2. The Morgan fingerprint density at radius 2 is 2.00 bits per heavy atom. The molecule has 0 aromatic heterocycles. The lowest BCUT2D eigenvalue weighted by molar-refractivity contribution is -0.130. The highest BCUT2D eigenvalue weighted by molar-refractivity contribution is 5.90. The summed E-state index contributed by atoms with van der Waals surface area (Å²) in [5.74, 6) is 0.0863. The van der Waals surface area contributed by atoms with E-state index in [1.165, 1.54) is 0 Å². The summed E-state index contributed by atoms with van der Waals surface area (Å²) in [6.07, 6.45) is 0.933. The van der Waals surface area contributed by atoms with E-state index in [-0.39, 0.29) is 30.4 Å². The fourth-order valence-electron chi connectivity index (χ4n) is 1.89. The van der Waals surface area contributed by atoms with Crippen LogP contribution in [0, 0.1) is 11.8 Å². The highest BCUT2D eigenvalue weighted by atomic mass is 16.6. The molecule has 0 bridgehead atoms. The van der Waals surface area contributed by atoms with Crippen LogP contribution in [0.4, 0.5) is 0 Å². The number of nitrogens with one attached hydrogen (secondary N) is 2. The van der Waals surface area contributed by atoms with Gasteiger partial charge in [-0.25, -0.2) is 0 Å². The molecule has 8 nitrogen and oxygen atoms in total. The molecule has 8 heteroatoms. The Labute approximate surface area is 149 Å². The number of rotatable bonds is 11. The number of amides is 2. The number of aliphatic hydroxyl groups excluding tert-OH is 1. The second-order valence-corrected chi connectivity index (χ2v) is 6.43. The van der Waals surface area contributed by atoms with Gasteiger partial charge in [0.2, 0.25) is 5.91 Å². The average Bonchev–Trinajstić information content (AvgIpc) is 3.39. The van der Waals surface area contributed by atoms with Crippen molar-refractivity contribution in [1.82, 2.24) is 10.6 Å². The van der Waals surface area contributed by atoms with Crippen LogP contribution in [-0.4, -0.2) is 61.9 Å². The van der Waals surface area contributed by atoms with Gasteiger partial charge in [-0.3, -0.25) is 14.4 Å². The summed E-state index contributed by atoms with van der Waals surface area (Å²) in [5, 5.41) is 14.5. The third-order valence-electron chi connectivity index (χ3n) is 3.45. The second kappa shape index (κ2) is 13.6. The Kier molecular flexibility index (Phi) is 12.7. The van der Waals surface area contributed by atoms with Crippen molar-refractivity contribution in [2.45, 2.75) is 52.7 Å². The number of epoxide rings is 1. The summed E-state index contributed by atoms with van der Waals surface area (Å²) in [4.78, 5) is 33.0. The first kappa shape index (κ1) is 23.3. The summed E-state index contributed by atoms with van der Waals surface area (Å²) in [6.45, 7) is 9.66. The van der Waals surface area contributed by atoms with E-state index in [2.05, 4.69) is 15.4 Å². The molecule has 1 aliphatic rings. The highest BCUT2D eigenvalue weighted by Crippen LogP contribution is 2.11. The second-order valence-electron chi connectivity index (χ2n) is 6.43. The maximum absolute atomic E-state index is 12.1. The van der Waals surface area contributed by atoms with Gasteiger partial charge in [0.1, 0.15) is 6.04 Å². The Bertz CT molecular complexity index is 399. The molecule has 0 radical (unpaired) electrons. The van der Waals surface area contributed by atoms with Gasteiger partial charge < -0.3 is 25.2 Å². The minimum absolute atomic E-state index is 0.112. The lowest BCUT2D eigenvalue weighted by Crippen LogP contribution is -2.49. The van der Waals surface area contributed by atoms with E-state index in [0.29, 0.717) is 38.6 Å². The molecule has 0 aliphatic carbocycles. The molecule has 25 heavy (non-hydrogen) atoms. The van der Waals surface area contributed by atoms with E-state index < -0.39 is 6.04 Å². The van der Waals surface area contributed by atoms with Crippen LogP contribution in [0.2, 0.25) is 0 Å². The molecular formula is C17H32N2O6. The van der Waals surface area contributed by atoms with Gasteiger partial charge in [-0.15, -0.1) is 0 Å². The molecule has 0 spiro atoms. The van der Waals surface area contributed by atoms with Crippen LogP contribution in [0.15, 0.2) is 0 Å². The van der Waals surface area contributed by atoms with Crippen LogP contribution in [0.5, 0.6) is 0 Å². The van der Waals surface area contributed by atoms with E-state index in [9.17, 15) is 14.4 Å². The van der Waals surface area contributed by atoms with Crippen LogP contribution in [-0.2, 0) is 23.9 Å². The first-order valence-corrected chi connectivity index (χ1v) is 8.71. The number of hydrogen-bond acceptors (Lipinski definition) is 6. The van der Waals surface area contributed by atoms with Gasteiger partial charge in [0.15, 0.2) is 6.10 Å².